The van der Waals surface area contributed by atoms with Gasteiger partial charge in [0.05, 0.1) is 0 Å². The molecule has 2 unspecified atom stereocenters. The molecule has 1 rings (SSSR count). The lowest BCUT2D eigenvalue weighted by Crippen LogP contribution is -2.11. The topological polar surface area (TPSA) is 0 Å². The molecule has 1 aliphatic rings. The van der Waals surface area contributed by atoms with Gasteiger partial charge < -0.3 is 0 Å². The van der Waals surface area contributed by atoms with Crippen LogP contribution in [-0.4, -0.2) is 0 Å². The van der Waals surface area contributed by atoms with E-state index in [-0.39, 0.29) is 0 Å². The minimum absolute atomic E-state index is 0.591. The van der Waals surface area contributed by atoms with Crippen molar-refractivity contribution in [2.24, 2.45) is 17.3 Å². The van der Waals surface area contributed by atoms with Crippen LogP contribution in [0.1, 0.15) is 137 Å². The van der Waals surface area contributed by atoms with Crippen molar-refractivity contribution in [1.29, 1.82) is 0 Å². The summed E-state index contributed by atoms with van der Waals surface area (Å²) in [5.41, 5.74) is 0.591. The predicted molar refractivity (Wildman–Crippen MR) is 111 cm³/mol. The van der Waals surface area contributed by atoms with E-state index in [0.29, 0.717) is 5.41 Å². The van der Waals surface area contributed by atoms with Crippen LogP contribution >= 0.6 is 0 Å². The van der Waals surface area contributed by atoms with Crippen LogP contribution in [-0.2, 0) is 0 Å². The Morgan fingerprint density at radius 2 is 1.08 bits per heavy atom. The molecule has 0 aliphatic heterocycles. The van der Waals surface area contributed by atoms with Gasteiger partial charge in [-0.15, -0.1) is 0 Å². The monoisotopic (exact) mass is 336 g/mol. The average molecular weight is 337 g/mol. The summed E-state index contributed by atoms with van der Waals surface area (Å²) in [7, 11) is 0. The van der Waals surface area contributed by atoms with Crippen molar-refractivity contribution in [3.8, 4) is 0 Å². The molecule has 0 aromatic carbocycles. The van der Waals surface area contributed by atoms with E-state index in [0.717, 1.165) is 11.8 Å². The summed E-state index contributed by atoms with van der Waals surface area (Å²) in [5.74, 6) is 2.23. The molecule has 2 atom stereocenters. The van der Waals surface area contributed by atoms with Crippen molar-refractivity contribution < 1.29 is 0 Å². The summed E-state index contributed by atoms with van der Waals surface area (Å²) >= 11 is 0. The van der Waals surface area contributed by atoms with Crippen molar-refractivity contribution in [2.75, 3.05) is 0 Å². The molecule has 0 aromatic rings. The minimum atomic E-state index is 0.591. The first-order valence-corrected chi connectivity index (χ1v) is 11.6. The second-order valence-electron chi connectivity index (χ2n) is 9.53. The highest BCUT2D eigenvalue weighted by Crippen LogP contribution is 2.45. The van der Waals surface area contributed by atoms with Gasteiger partial charge in [-0.3, -0.25) is 0 Å². The van der Waals surface area contributed by atoms with E-state index in [1.807, 2.05) is 0 Å². The van der Waals surface area contributed by atoms with Crippen molar-refractivity contribution in [3.05, 3.63) is 0 Å². The summed E-state index contributed by atoms with van der Waals surface area (Å²) < 4.78 is 0. The molecule has 0 radical (unpaired) electrons. The maximum Gasteiger partial charge on any atom is -0.0354 e. The van der Waals surface area contributed by atoms with Crippen LogP contribution in [0.25, 0.3) is 0 Å². The molecule has 24 heavy (non-hydrogen) atoms. The lowest BCUT2D eigenvalue weighted by Gasteiger charge is -2.24. The molecule has 0 bridgehead atoms. The Bertz CT molecular complexity index is 278. The summed E-state index contributed by atoms with van der Waals surface area (Å²) in [6.07, 6.45) is 24.9. The maximum absolute atomic E-state index is 2.51. The Morgan fingerprint density at radius 1 is 0.583 bits per heavy atom. The van der Waals surface area contributed by atoms with E-state index in [1.54, 1.807) is 6.42 Å². The molecular weight excluding hydrogens is 288 g/mol. The molecule has 0 amide bonds. The zero-order valence-electron chi connectivity index (χ0n) is 17.7. The highest BCUT2D eigenvalue weighted by Gasteiger charge is 2.34. The van der Waals surface area contributed by atoms with Gasteiger partial charge in [0.2, 0.25) is 0 Å². The van der Waals surface area contributed by atoms with Gasteiger partial charge in [-0.1, -0.05) is 118 Å². The summed E-state index contributed by atoms with van der Waals surface area (Å²) in [6.45, 7) is 9.66. The van der Waals surface area contributed by atoms with E-state index >= 15 is 0 Å². The Labute approximate surface area is 154 Å². The van der Waals surface area contributed by atoms with E-state index in [9.17, 15) is 0 Å². The molecule has 0 heterocycles. The Morgan fingerprint density at radius 3 is 1.67 bits per heavy atom. The Kier molecular flexibility index (Phi) is 12.2. The summed E-state index contributed by atoms with van der Waals surface area (Å²) in [6, 6.07) is 0. The van der Waals surface area contributed by atoms with Crippen LogP contribution in [0.3, 0.4) is 0 Å². The molecule has 0 aromatic heterocycles. The predicted octanol–water partition coefficient (Wildman–Crippen LogP) is 8.93. The van der Waals surface area contributed by atoms with Crippen molar-refractivity contribution >= 4 is 0 Å². The van der Waals surface area contributed by atoms with Gasteiger partial charge in [0.1, 0.15) is 0 Å². The minimum Gasteiger partial charge on any atom is -0.0654 e. The molecule has 144 valence electrons. The average Bonchev–Trinajstić information content (AvgIpc) is 3.28. The molecule has 0 spiro atoms. The second kappa shape index (κ2) is 13.2. The van der Waals surface area contributed by atoms with E-state index < -0.39 is 0 Å². The molecular formula is C24H48. The zero-order chi connectivity index (χ0) is 17.7. The van der Waals surface area contributed by atoms with Crippen LogP contribution in [0.2, 0.25) is 0 Å². The summed E-state index contributed by atoms with van der Waals surface area (Å²) in [5, 5.41) is 0. The largest absolute Gasteiger partial charge is 0.0654 e. The Balaban J connectivity index is 1.87. The fourth-order valence-electron chi connectivity index (χ4n) is 4.44. The van der Waals surface area contributed by atoms with Gasteiger partial charge in [-0.05, 0) is 36.5 Å². The zero-order valence-corrected chi connectivity index (χ0v) is 17.7. The van der Waals surface area contributed by atoms with Crippen LogP contribution < -0.4 is 0 Å². The molecule has 0 heteroatoms. The van der Waals surface area contributed by atoms with E-state index in [4.69, 9.17) is 0 Å². The van der Waals surface area contributed by atoms with Gasteiger partial charge in [-0.25, -0.2) is 0 Å². The maximum atomic E-state index is 2.51. The summed E-state index contributed by atoms with van der Waals surface area (Å²) in [4.78, 5) is 0. The first-order chi connectivity index (χ1) is 11.6. The Hall–Kier alpha value is 0. The molecule has 1 fully saturated rings. The van der Waals surface area contributed by atoms with Crippen molar-refractivity contribution in [3.63, 3.8) is 0 Å². The normalized spacial score (nSPS) is 20.5. The highest BCUT2D eigenvalue weighted by atomic mass is 14.4. The number of unbranched alkanes of at least 4 members (excludes halogenated alkanes) is 9. The fraction of sp³-hybridized carbons (Fsp3) is 1.00. The first kappa shape index (κ1) is 22.0. The van der Waals surface area contributed by atoms with Gasteiger partial charge in [0.25, 0.3) is 0 Å². The fourth-order valence-corrected chi connectivity index (χ4v) is 4.44. The molecule has 0 N–H and O–H groups in total. The first-order valence-electron chi connectivity index (χ1n) is 11.6. The van der Waals surface area contributed by atoms with Crippen LogP contribution in [0.15, 0.2) is 0 Å². The molecule has 0 saturated heterocycles. The van der Waals surface area contributed by atoms with Crippen molar-refractivity contribution in [2.45, 2.75) is 137 Å². The van der Waals surface area contributed by atoms with Gasteiger partial charge in [0.15, 0.2) is 0 Å². The molecule has 1 saturated carbocycles. The standard InChI is InChI=1S/C24H48/c1-5-7-8-9-10-11-12-13-15-19-24(3,4)20-16-14-18-23-21-22(23)17-6-2/h22-23H,5-21H2,1-4H3. The van der Waals surface area contributed by atoms with Gasteiger partial charge in [0, 0.05) is 0 Å². The highest BCUT2D eigenvalue weighted by molar-refractivity contribution is 4.85. The second-order valence-corrected chi connectivity index (χ2v) is 9.53. The van der Waals surface area contributed by atoms with Crippen molar-refractivity contribution in [1.82, 2.24) is 0 Å². The number of hydrogen-bond acceptors (Lipinski definition) is 0. The quantitative estimate of drug-likeness (QED) is 0.232. The molecule has 0 nitrogen and oxygen atoms in total. The van der Waals surface area contributed by atoms with Gasteiger partial charge in [-0.2, -0.15) is 0 Å². The third-order valence-electron chi connectivity index (χ3n) is 6.36. The third-order valence-corrected chi connectivity index (χ3v) is 6.36. The van der Waals surface area contributed by atoms with Gasteiger partial charge >= 0.3 is 0 Å². The van der Waals surface area contributed by atoms with Crippen LogP contribution in [0.5, 0.6) is 0 Å². The number of rotatable bonds is 17. The van der Waals surface area contributed by atoms with E-state index in [2.05, 4.69) is 27.7 Å². The lowest BCUT2D eigenvalue weighted by molar-refractivity contribution is 0.281. The number of hydrogen-bond donors (Lipinski definition) is 0. The third kappa shape index (κ3) is 11.5. The lowest BCUT2D eigenvalue weighted by atomic mass is 9.81. The SMILES string of the molecule is CCCCCCCCCCCC(C)(C)CCCCC1CC1CCC. The smallest absolute Gasteiger partial charge is 0.0354 e. The van der Waals surface area contributed by atoms with Crippen LogP contribution in [0, 0.1) is 17.3 Å². The van der Waals surface area contributed by atoms with Crippen LogP contribution in [0.4, 0.5) is 0 Å². The van der Waals surface area contributed by atoms with E-state index in [1.165, 1.54) is 103 Å². The molecule has 1 aliphatic carbocycles.